The van der Waals surface area contributed by atoms with Gasteiger partial charge in [0, 0.05) is 19.1 Å². The van der Waals surface area contributed by atoms with Crippen molar-refractivity contribution in [3.05, 3.63) is 0 Å². The molecule has 1 aliphatic carbocycles. The Bertz CT molecular complexity index is 475. The number of nitrogens with two attached hydrogens (primary N) is 1. The van der Waals surface area contributed by atoms with E-state index in [2.05, 4.69) is 0 Å². The van der Waals surface area contributed by atoms with Gasteiger partial charge in [-0.3, -0.25) is 4.79 Å². The number of hydrogen-bond donors (Lipinski definition) is 1. The molecule has 5 nitrogen and oxygen atoms in total. The van der Waals surface area contributed by atoms with Crippen LogP contribution in [0.1, 0.15) is 52.4 Å². The van der Waals surface area contributed by atoms with Gasteiger partial charge >= 0.3 is 0 Å². The average molecular weight is 353 g/mol. The van der Waals surface area contributed by atoms with Crippen molar-refractivity contribution in [3.8, 4) is 0 Å². The average Bonchev–Trinajstić information content (AvgIpc) is 2.86. The number of halogens is 1. The summed E-state index contributed by atoms with van der Waals surface area (Å²) in [4.78, 5) is 14.4. The van der Waals surface area contributed by atoms with Gasteiger partial charge < -0.3 is 10.6 Å². The Morgan fingerprint density at radius 2 is 1.73 bits per heavy atom. The normalized spacial score (nSPS) is 25.1. The Labute approximate surface area is 140 Å². The van der Waals surface area contributed by atoms with Gasteiger partial charge in [-0.15, -0.1) is 12.4 Å². The lowest BCUT2D eigenvalue weighted by Gasteiger charge is -2.31. The smallest absolute Gasteiger partial charge is 0.241 e. The summed E-state index contributed by atoms with van der Waals surface area (Å²) in [5.74, 6) is -0.426. The summed E-state index contributed by atoms with van der Waals surface area (Å²) >= 11 is 0. The molecule has 1 amide bonds. The topological polar surface area (TPSA) is 80.5 Å². The van der Waals surface area contributed by atoms with Gasteiger partial charge in [-0.25, -0.2) is 8.42 Å². The SMILES string of the molecule is CC(C)C(C(=O)N1CC[C@@H](N)C1)S(=O)(=O)C1CCCCC1.Cl. The minimum absolute atomic E-state index is 0. The first kappa shape index (κ1) is 19.7. The predicted molar refractivity (Wildman–Crippen MR) is 90.8 cm³/mol. The highest BCUT2D eigenvalue weighted by Crippen LogP contribution is 2.30. The highest BCUT2D eigenvalue weighted by atomic mass is 35.5. The second-order valence-electron chi connectivity index (χ2n) is 6.85. The summed E-state index contributed by atoms with van der Waals surface area (Å²) in [5.41, 5.74) is 5.85. The molecule has 2 aliphatic rings. The lowest BCUT2D eigenvalue weighted by molar-refractivity contribution is -0.130. The second-order valence-corrected chi connectivity index (χ2v) is 9.20. The minimum atomic E-state index is -3.41. The molecule has 1 heterocycles. The van der Waals surface area contributed by atoms with E-state index in [0.29, 0.717) is 25.9 Å². The molecule has 1 unspecified atom stereocenters. The molecule has 0 spiro atoms. The van der Waals surface area contributed by atoms with Crippen LogP contribution in [-0.2, 0) is 14.6 Å². The summed E-state index contributed by atoms with van der Waals surface area (Å²) in [6.07, 6.45) is 5.19. The molecule has 0 radical (unpaired) electrons. The molecule has 1 saturated carbocycles. The van der Waals surface area contributed by atoms with E-state index in [1.807, 2.05) is 13.8 Å². The third-order valence-corrected chi connectivity index (χ3v) is 7.61. The third-order valence-electron chi connectivity index (χ3n) is 4.76. The van der Waals surface area contributed by atoms with Gasteiger partial charge in [0.1, 0.15) is 5.25 Å². The number of sulfone groups is 1. The molecule has 0 aromatic rings. The summed E-state index contributed by atoms with van der Waals surface area (Å²) in [5, 5.41) is -1.23. The van der Waals surface area contributed by atoms with Crippen LogP contribution in [-0.4, -0.2) is 48.9 Å². The van der Waals surface area contributed by atoms with Crippen LogP contribution >= 0.6 is 12.4 Å². The molecule has 0 aromatic heterocycles. The molecule has 130 valence electrons. The summed E-state index contributed by atoms with van der Waals surface area (Å²) in [6.45, 7) is 4.74. The van der Waals surface area contributed by atoms with Crippen molar-refractivity contribution in [1.29, 1.82) is 0 Å². The molecule has 2 fully saturated rings. The number of carbonyl (C=O) groups is 1. The lowest BCUT2D eigenvalue weighted by Crippen LogP contribution is -2.48. The first-order valence-corrected chi connectivity index (χ1v) is 9.72. The van der Waals surface area contributed by atoms with Gasteiger partial charge in [-0.1, -0.05) is 33.1 Å². The zero-order valence-electron chi connectivity index (χ0n) is 13.5. The predicted octanol–water partition coefficient (Wildman–Crippen LogP) is 1.74. The number of amides is 1. The van der Waals surface area contributed by atoms with Crippen molar-refractivity contribution in [3.63, 3.8) is 0 Å². The van der Waals surface area contributed by atoms with E-state index >= 15 is 0 Å². The molecule has 7 heteroatoms. The number of nitrogens with zero attached hydrogens (tertiary/aromatic N) is 1. The molecule has 22 heavy (non-hydrogen) atoms. The van der Waals surface area contributed by atoms with Crippen LogP contribution in [0.4, 0.5) is 0 Å². The van der Waals surface area contributed by atoms with E-state index < -0.39 is 15.1 Å². The first-order valence-electron chi connectivity index (χ1n) is 8.11. The second kappa shape index (κ2) is 7.97. The van der Waals surface area contributed by atoms with Crippen molar-refractivity contribution in [2.45, 2.75) is 68.9 Å². The van der Waals surface area contributed by atoms with Gasteiger partial charge in [0.15, 0.2) is 9.84 Å². The van der Waals surface area contributed by atoms with E-state index in [-0.39, 0.29) is 35.5 Å². The van der Waals surface area contributed by atoms with Gasteiger partial charge in [0.2, 0.25) is 5.91 Å². The number of hydrogen-bond acceptors (Lipinski definition) is 4. The quantitative estimate of drug-likeness (QED) is 0.835. The van der Waals surface area contributed by atoms with Crippen LogP contribution in [0.2, 0.25) is 0 Å². The number of likely N-dealkylation sites (tertiary alicyclic amines) is 1. The largest absolute Gasteiger partial charge is 0.340 e. The van der Waals surface area contributed by atoms with Crippen LogP contribution < -0.4 is 5.73 Å². The van der Waals surface area contributed by atoms with E-state index in [0.717, 1.165) is 25.7 Å². The van der Waals surface area contributed by atoms with Crippen LogP contribution in [0.5, 0.6) is 0 Å². The van der Waals surface area contributed by atoms with Crippen molar-refractivity contribution in [1.82, 2.24) is 4.90 Å². The fraction of sp³-hybridized carbons (Fsp3) is 0.933. The monoisotopic (exact) mass is 352 g/mol. The van der Waals surface area contributed by atoms with Crippen LogP contribution in [0.25, 0.3) is 0 Å². The fourth-order valence-electron chi connectivity index (χ4n) is 3.57. The third kappa shape index (κ3) is 4.15. The number of rotatable bonds is 4. The molecule has 2 atom stereocenters. The first-order chi connectivity index (χ1) is 9.84. The van der Waals surface area contributed by atoms with Crippen molar-refractivity contribution < 1.29 is 13.2 Å². The highest BCUT2D eigenvalue weighted by molar-refractivity contribution is 7.93. The molecule has 0 aromatic carbocycles. The molecular formula is C15H29ClN2O3S. The minimum Gasteiger partial charge on any atom is -0.340 e. The summed E-state index contributed by atoms with van der Waals surface area (Å²) in [7, 11) is -3.41. The van der Waals surface area contributed by atoms with E-state index in [4.69, 9.17) is 5.73 Å². The summed E-state index contributed by atoms with van der Waals surface area (Å²) < 4.78 is 25.9. The maximum absolute atomic E-state index is 12.9. The van der Waals surface area contributed by atoms with Crippen molar-refractivity contribution >= 4 is 28.2 Å². The van der Waals surface area contributed by atoms with Crippen LogP contribution in [0.3, 0.4) is 0 Å². The Morgan fingerprint density at radius 3 is 2.18 bits per heavy atom. The molecule has 1 aliphatic heterocycles. The van der Waals surface area contributed by atoms with E-state index in [1.165, 1.54) is 0 Å². The van der Waals surface area contributed by atoms with Crippen LogP contribution in [0.15, 0.2) is 0 Å². The number of carbonyl (C=O) groups excluding carboxylic acids is 1. The van der Waals surface area contributed by atoms with E-state index in [9.17, 15) is 13.2 Å². The Kier molecular flexibility index (Phi) is 7.15. The van der Waals surface area contributed by atoms with Gasteiger partial charge in [-0.2, -0.15) is 0 Å². The molecular weight excluding hydrogens is 324 g/mol. The highest BCUT2D eigenvalue weighted by Gasteiger charge is 2.43. The lowest BCUT2D eigenvalue weighted by atomic mass is 10.0. The van der Waals surface area contributed by atoms with Crippen LogP contribution in [0, 0.1) is 5.92 Å². The summed E-state index contributed by atoms with van der Waals surface area (Å²) in [6, 6.07) is -0.0147. The maximum atomic E-state index is 12.9. The molecule has 2 rings (SSSR count). The Morgan fingerprint density at radius 1 is 1.14 bits per heavy atom. The van der Waals surface area contributed by atoms with Gasteiger partial charge in [-0.05, 0) is 25.2 Å². The van der Waals surface area contributed by atoms with E-state index in [1.54, 1.807) is 4.90 Å². The van der Waals surface area contributed by atoms with Crippen molar-refractivity contribution in [2.75, 3.05) is 13.1 Å². The zero-order valence-corrected chi connectivity index (χ0v) is 15.2. The molecule has 1 saturated heterocycles. The van der Waals surface area contributed by atoms with Crippen molar-refractivity contribution in [2.24, 2.45) is 11.7 Å². The standard InChI is InChI=1S/C15H28N2O3S.ClH/c1-11(2)14(15(18)17-9-8-12(16)10-17)21(19,20)13-6-4-3-5-7-13;/h11-14H,3-10,16H2,1-2H3;1H/t12-,14?;/m1./s1. The Hall–Kier alpha value is -0.330. The fourth-order valence-corrected chi connectivity index (χ4v) is 6.17. The maximum Gasteiger partial charge on any atom is 0.241 e. The van der Waals surface area contributed by atoms with Gasteiger partial charge in [0.05, 0.1) is 5.25 Å². The van der Waals surface area contributed by atoms with Gasteiger partial charge in [0.25, 0.3) is 0 Å². The molecule has 0 bridgehead atoms. The molecule has 2 N–H and O–H groups in total. The Balaban J connectivity index is 0.00000242. The zero-order chi connectivity index (χ0) is 15.6.